The van der Waals surface area contributed by atoms with Gasteiger partial charge in [0.1, 0.15) is 10.8 Å². The van der Waals surface area contributed by atoms with Gasteiger partial charge in [-0.1, -0.05) is 52.4 Å². The van der Waals surface area contributed by atoms with Gasteiger partial charge in [0, 0.05) is 10.0 Å². The van der Waals surface area contributed by atoms with Gasteiger partial charge in [-0.2, -0.15) is 0 Å². The first-order valence-electron chi connectivity index (χ1n) is 6.09. The zero-order valence-corrected chi connectivity index (χ0v) is 13.3. The summed E-state index contributed by atoms with van der Waals surface area (Å²) in [5, 5.41) is 2.54. The summed E-state index contributed by atoms with van der Waals surface area (Å²) >= 11 is 8.02. The molecular weight excluding hydrogens is 355 g/mol. The fourth-order valence-electron chi connectivity index (χ4n) is 1.76. The number of hydrogen-bond acceptors (Lipinski definition) is 2. The van der Waals surface area contributed by atoms with E-state index in [1.165, 1.54) is 12.1 Å². The summed E-state index contributed by atoms with van der Waals surface area (Å²) in [5.74, 6) is -0.777. The molecule has 0 aliphatic rings. The van der Waals surface area contributed by atoms with Gasteiger partial charge in [-0.15, -0.1) is 0 Å². The van der Waals surface area contributed by atoms with Crippen molar-refractivity contribution in [3.8, 4) is 0 Å². The summed E-state index contributed by atoms with van der Waals surface area (Å²) in [6.07, 6.45) is 0.146. The van der Waals surface area contributed by atoms with Crippen LogP contribution in [0.3, 0.4) is 0 Å². The Bertz CT molecular complexity index is 689. The lowest BCUT2D eigenvalue weighted by Gasteiger charge is -2.07. The van der Waals surface area contributed by atoms with E-state index in [2.05, 4.69) is 21.2 Å². The molecule has 0 spiro atoms. The molecular formula is C15H12BrFN2OS. The number of halogens is 2. The first-order chi connectivity index (χ1) is 9.95. The second kappa shape index (κ2) is 6.78. The van der Waals surface area contributed by atoms with Crippen molar-refractivity contribution in [2.75, 3.05) is 5.32 Å². The van der Waals surface area contributed by atoms with Crippen molar-refractivity contribution < 1.29 is 9.18 Å². The van der Waals surface area contributed by atoms with Gasteiger partial charge in [-0.3, -0.25) is 4.79 Å². The van der Waals surface area contributed by atoms with Gasteiger partial charge in [-0.25, -0.2) is 4.39 Å². The van der Waals surface area contributed by atoms with Crippen LogP contribution in [0.5, 0.6) is 0 Å². The van der Waals surface area contributed by atoms with Crippen LogP contribution >= 0.6 is 28.1 Å². The van der Waals surface area contributed by atoms with Gasteiger partial charge >= 0.3 is 0 Å². The highest BCUT2D eigenvalue weighted by molar-refractivity contribution is 9.10. The van der Waals surface area contributed by atoms with Crippen molar-refractivity contribution in [3.05, 3.63) is 63.9 Å². The summed E-state index contributed by atoms with van der Waals surface area (Å²) in [4.78, 5) is 12.2. The molecule has 0 aliphatic carbocycles. The second-order valence-electron chi connectivity index (χ2n) is 4.41. The van der Waals surface area contributed by atoms with E-state index in [-0.39, 0.29) is 18.0 Å². The number of hydrogen-bond donors (Lipinski definition) is 2. The van der Waals surface area contributed by atoms with E-state index in [0.717, 1.165) is 11.1 Å². The van der Waals surface area contributed by atoms with E-state index in [9.17, 15) is 9.18 Å². The number of benzene rings is 2. The predicted molar refractivity (Wildman–Crippen MR) is 88.8 cm³/mol. The van der Waals surface area contributed by atoms with Crippen molar-refractivity contribution in [2.45, 2.75) is 6.42 Å². The van der Waals surface area contributed by atoms with Crippen LogP contribution in [0.25, 0.3) is 0 Å². The lowest BCUT2D eigenvalue weighted by atomic mass is 10.1. The van der Waals surface area contributed by atoms with E-state index in [1.807, 2.05) is 0 Å². The van der Waals surface area contributed by atoms with Crippen LogP contribution in [0.1, 0.15) is 11.1 Å². The molecule has 21 heavy (non-hydrogen) atoms. The van der Waals surface area contributed by atoms with Crippen LogP contribution in [0.4, 0.5) is 10.1 Å². The Morgan fingerprint density at radius 3 is 2.48 bits per heavy atom. The van der Waals surface area contributed by atoms with Crippen molar-refractivity contribution in [1.29, 1.82) is 0 Å². The molecule has 3 nitrogen and oxygen atoms in total. The number of nitrogens with two attached hydrogens (primary N) is 1. The van der Waals surface area contributed by atoms with Crippen molar-refractivity contribution in [2.24, 2.45) is 5.73 Å². The monoisotopic (exact) mass is 366 g/mol. The van der Waals surface area contributed by atoms with E-state index in [0.29, 0.717) is 9.46 Å². The Hall–Kier alpha value is -1.79. The summed E-state index contributed by atoms with van der Waals surface area (Å²) < 4.78 is 14.2. The first-order valence-corrected chi connectivity index (χ1v) is 7.29. The first kappa shape index (κ1) is 15.6. The molecule has 6 heteroatoms. The van der Waals surface area contributed by atoms with Crippen molar-refractivity contribution in [1.82, 2.24) is 0 Å². The molecule has 2 aromatic rings. The van der Waals surface area contributed by atoms with E-state index < -0.39 is 5.82 Å². The van der Waals surface area contributed by atoms with E-state index in [1.54, 1.807) is 30.3 Å². The number of thiocarbonyl (C=S) groups is 1. The minimum Gasteiger partial charge on any atom is -0.389 e. The molecule has 0 bridgehead atoms. The van der Waals surface area contributed by atoms with Crippen LogP contribution in [-0.4, -0.2) is 10.9 Å². The Balaban J connectivity index is 2.02. The predicted octanol–water partition coefficient (Wildman–Crippen LogP) is 3.40. The van der Waals surface area contributed by atoms with Gasteiger partial charge < -0.3 is 11.1 Å². The minimum absolute atomic E-state index is 0.146. The zero-order valence-electron chi connectivity index (χ0n) is 10.9. The molecule has 2 rings (SSSR count). The number of carbonyl (C=O) groups excluding carboxylic acids is 1. The SMILES string of the molecule is NC(=S)c1ccc(CC(=O)Nc2ccc(Br)cc2F)cc1. The van der Waals surface area contributed by atoms with Crippen LogP contribution in [0.15, 0.2) is 46.9 Å². The molecule has 0 heterocycles. The van der Waals surface area contributed by atoms with E-state index >= 15 is 0 Å². The highest BCUT2D eigenvalue weighted by atomic mass is 79.9. The second-order valence-corrected chi connectivity index (χ2v) is 5.77. The fraction of sp³-hybridized carbons (Fsp3) is 0.0667. The number of rotatable bonds is 4. The molecule has 3 N–H and O–H groups in total. The fourth-order valence-corrected chi connectivity index (χ4v) is 2.23. The van der Waals surface area contributed by atoms with Gasteiger partial charge in [-0.05, 0) is 23.8 Å². The third-order valence-electron chi connectivity index (χ3n) is 2.81. The number of nitrogens with one attached hydrogen (secondary N) is 1. The molecule has 2 aromatic carbocycles. The van der Waals surface area contributed by atoms with Crippen molar-refractivity contribution >= 4 is 44.7 Å². The Morgan fingerprint density at radius 1 is 1.24 bits per heavy atom. The highest BCUT2D eigenvalue weighted by Gasteiger charge is 2.08. The standard InChI is InChI=1S/C15H12BrFN2OS/c16-11-5-6-13(12(17)8-11)19-14(20)7-9-1-3-10(4-2-9)15(18)21/h1-6,8H,7H2,(H2,18,21)(H,19,20). The average molecular weight is 367 g/mol. The Kier molecular flexibility index (Phi) is 5.03. The largest absolute Gasteiger partial charge is 0.389 e. The number of anilines is 1. The van der Waals surface area contributed by atoms with Crippen LogP contribution in [0.2, 0.25) is 0 Å². The maximum Gasteiger partial charge on any atom is 0.228 e. The molecule has 0 aromatic heterocycles. The lowest BCUT2D eigenvalue weighted by molar-refractivity contribution is -0.115. The van der Waals surface area contributed by atoms with Gasteiger partial charge in [0.25, 0.3) is 0 Å². The van der Waals surface area contributed by atoms with Crippen LogP contribution < -0.4 is 11.1 Å². The van der Waals surface area contributed by atoms with Crippen LogP contribution in [0, 0.1) is 5.82 Å². The summed E-state index contributed by atoms with van der Waals surface area (Å²) in [6.45, 7) is 0. The summed E-state index contributed by atoms with van der Waals surface area (Å²) in [6, 6.07) is 11.5. The van der Waals surface area contributed by atoms with Gasteiger partial charge in [0.15, 0.2) is 0 Å². The Labute approximate surface area is 135 Å². The topological polar surface area (TPSA) is 55.1 Å². The molecule has 0 saturated carbocycles. The Morgan fingerprint density at radius 2 is 1.90 bits per heavy atom. The highest BCUT2D eigenvalue weighted by Crippen LogP contribution is 2.19. The number of carbonyl (C=O) groups is 1. The maximum absolute atomic E-state index is 13.6. The molecule has 0 saturated heterocycles. The third-order valence-corrected chi connectivity index (χ3v) is 3.54. The lowest BCUT2D eigenvalue weighted by Crippen LogP contribution is -2.15. The summed E-state index contributed by atoms with van der Waals surface area (Å²) in [5.41, 5.74) is 7.20. The maximum atomic E-state index is 13.6. The minimum atomic E-state index is -0.485. The molecule has 0 unspecified atom stereocenters. The molecule has 1 amide bonds. The smallest absolute Gasteiger partial charge is 0.228 e. The van der Waals surface area contributed by atoms with Crippen molar-refractivity contribution in [3.63, 3.8) is 0 Å². The molecule has 0 fully saturated rings. The van der Waals surface area contributed by atoms with Gasteiger partial charge in [0.05, 0.1) is 12.1 Å². The molecule has 0 atom stereocenters. The van der Waals surface area contributed by atoms with E-state index in [4.69, 9.17) is 18.0 Å². The van der Waals surface area contributed by atoms with Gasteiger partial charge in [0.2, 0.25) is 5.91 Å². The molecule has 108 valence electrons. The molecule has 0 radical (unpaired) electrons. The number of amides is 1. The third kappa shape index (κ3) is 4.34. The normalized spacial score (nSPS) is 10.2. The molecule has 0 aliphatic heterocycles. The zero-order chi connectivity index (χ0) is 15.4. The van der Waals surface area contributed by atoms with Crippen LogP contribution in [-0.2, 0) is 11.2 Å². The quantitative estimate of drug-likeness (QED) is 0.815. The average Bonchev–Trinajstić information content (AvgIpc) is 2.42. The summed E-state index contributed by atoms with van der Waals surface area (Å²) in [7, 11) is 0.